The molecule has 0 heteroatoms. The third-order valence-electron chi connectivity index (χ3n) is 8.53. The molecule has 0 saturated heterocycles. The largest absolute Gasteiger partial charge is 0.0842 e. The van der Waals surface area contributed by atoms with Crippen molar-refractivity contribution in [3.63, 3.8) is 0 Å². The fourth-order valence-corrected chi connectivity index (χ4v) is 6.74. The van der Waals surface area contributed by atoms with E-state index in [1.807, 2.05) is 0 Å². The van der Waals surface area contributed by atoms with Gasteiger partial charge in [0.2, 0.25) is 0 Å². The Morgan fingerprint density at radius 2 is 1.71 bits per heavy atom. The lowest BCUT2D eigenvalue weighted by Gasteiger charge is -2.28. The molecule has 0 amide bonds. The first kappa shape index (κ1) is 20.9. The molecule has 0 aromatic heterocycles. The van der Waals surface area contributed by atoms with Crippen LogP contribution in [0.15, 0.2) is 96.2 Å². The Labute approximate surface area is 208 Å². The van der Waals surface area contributed by atoms with Crippen LogP contribution in [0.1, 0.15) is 50.2 Å². The molecule has 0 fully saturated rings. The van der Waals surface area contributed by atoms with Gasteiger partial charge in [-0.2, -0.15) is 0 Å². The maximum atomic E-state index is 2.56. The van der Waals surface area contributed by atoms with Crippen molar-refractivity contribution >= 4 is 34.1 Å². The van der Waals surface area contributed by atoms with Crippen LogP contribution in [-0.4, -0.2) is 0 Å². The summed E-state index contributed by atoms with van der Waals surface area (Å²) in [5, 5.41) is 5.70. The Hall–Kier alpha value is -3.38. The Morgan fingerprint density at radius 1 is 0.829 bits per heavy atom. The van der Waals surface area contributed by atoms with Crippen LogP contribution in [0.5, 0.6) is 0 Å². The molecule has 5 aliphatic rings. The van der Waals surface area contributed by atoms with Crippen LogP contribution < -0.4 is 10.4 Å². The first-order valence-corrected chi connectivity index (χ1v) is 13.4. The summed E-state index contributed by atoms with van der Waals surface area (Å²) in [5.41, 5.74) is 8.72. The molecule has 0 bridgehead atoms. The quantitative estimate of drug-likeness (QED) is 0.441. The van der Waals surface area contributed by atoms with Gasteiger partial charge in [-0.25, -0.2) is 0 Å². The highest BCUT2D eigenvalue weighted by atomic mass is 14.3. The molecule has 0 heterocycles. The first-order chi connectivity index (χ1) is 17.3. The van der Waals surface area contributed by atoms with Crippen molar-refractivity contribution in [2.24, 2.45) is 17.8 Å². The molecule has 0 aliphatic heterocycles. The summed E-state index contributed by atoms with van der Waals surface area (Å²) in [4.78, 5) is 0. The van der Waals surface area contributed by atoms with Gasteiger partial charge in [0.15, 0.2) is 0 Å². The third kappa shape index (κ3) is 3.50. The van der Waals surface area contributed by atoms with Crippen LogP contribution >= 0.6 is 0 Å². The summed E-state index contributed by atoms with van der Waals surface area (Å²) >= 11 is 0. The summed E-state index contributed by atoms with van der Waals surface area (Å²) in [6.45, 7) is 2.36. The lowest BCUT2D eigenvalue weighted by Crippen LogP contribution is -2.36. The third-order valence-corrected chi connectivity index (χ3v) is 8.53. The minimum Gasteiger partial charge on any atom is -0.0842 e. The maximum Gasteiger partial charge on any atom is 0.00561 e. The van der Waals surface area contributed by atoms with Crippen LogP contribution in [0.25, 0.3) is 34.1 Å². The number of benzene rings is 2. The smallest absolute Gasteiger partial charge is 0.00561 e. The molecule has 0 spiro atoms. The van der Waals surface area contributed by atoms with Gasteiger partial charge in [0.25, 0.3) is 0 Å². The van der Waals surface area contributed by atoms with Crippen molar-refractivity contribution in [2.75, 3.05) is 0 Å². The Morgan fingerprint density at radius 3 is 2.63 bits per heavy atom. The van der Waals surface area contributed by atoms with Crippen molar-refractivity contribution in [2.45, 2.75) is 39.0 Å². The molecular formula is C35H32. The Balaban J connectivity index is 1.52. The fraction of sp³-hybridized carbons (Fsp3) is 0.257. The van der Waals surface area contributed by atoms with E-state index in [9.17, 15) is 0 Å². The second-order valence-corrected chi connectivity index (χ2v) is 10.8. The minimum atomic E-state index is 0.526. The van der Waals surface area contributed by atoms with E-state index in [1.165, 1.54) is 67.5 Å². The van der Waals surface area contributed by atoms with Crippen molar-refractivity contribution in [3.05, 3.63) is 118 Å². The molecule has 172 valence electrons. The zero-order chi connectivity index (χ0) is 23.4. The Bertz CT molecular complexity index is 1570. The Kier molecular flexibility index (Phi) is 5.02. The van der Waals surface area contributed by atoms with Gasteiger partial charge in [-0.05, 0) is 98.6 Å². The van der Waals surface area contributed by atoms with E-state index < -0.39 is 0 Å². The van der Waals surface area contributed by atoms with E-state index in [4.69, 9.17) is 0 Å². The van der Waals surface area contributed by atoms with Crippen LogP contribution in [0, 0.1) is 17.8 Å². The molecule has 3 unspecified atom stereocenters. The zero-order valence-electron chi connectivity index (χ0n) is 20.5. The van der Waals surface area contributed by atoms with Crippen LogP contribution in [0.3, 0.4) is 0 Å². The molecule has 5 aliphatic carbocycles. The normalized spacial score (nSPS) is 26.4. The predicted octanol–water partition coefficient (Wildman–Crippen LogP) is 7.58. The summed E-state index contributed by atoms with van der Waals surface area (Å²) in [6, 6.07) is 9.15. The van der Waals surface area contributed by atoms with Gasteiger partial charge in [-0.15, -0.1) is 0 Å². The SMILES string of the molecule is CC1C=c2c(C3=CC=C4C=CCCC4C3)c3ccccc3c(C3=CC4=CC=CCC4C=C3)c2=CC1. The summed E-state index contributed by atoms with van der Waals surface area (Å²) < 4.78 is 0. The predicted molar refractivity (Wildman–Crippen MR) is 151 cm³/mol. The minimum absolute atomic E-state index is 0.526. The highest BCUT2D eigenvalue weighted by Gasteiger charge is 2.25. The van der Waals surface area contributed by atoms with Crippen molar-refractivity contribution in [1.82, 2.24) is 0 Å². The molecule has 2 aromatic carbocycles. The van der Waals surface area contributed by atoms with Crippen LogP contribution in [0.2, 0.25) is 0 Å². The number of fused-ring (bicyclic) bond motifs is 4. The van der Waals surface area contributed by atoms with Gasteiger partial charge >= 0.3 is 0 Å². The highest BCUT2D eigenvalue weighted by molar-refractivity contribution is 6.03. The molecule has 7 rings (SSSR count). The van der Waals surface area contributed by atoms with E-state index in [2.05, 4.69) is 104 Å². The van der Waals surface area contributed by atoms with E-state index in [0.717, 1.165) is 19.3 Å². The van der Waals surface area contributed by atoms with Gasteiger partial charge < -0.3 is 0 Å². The molecular weight excluding hydrogens is 420 g/mol. The van der Waals surface area contributed by atoms with Gasteiger partial charge in [0.05, 0.1) is 0 Å². The first-order valence-electron chi connectivity index (χ1n) is 13.4. The fourth-order valence-electron chi connectivity index (χ4n) is 6.74. The van der Waals surface area contributed by atoms with E-state index in [-0.39, 0.29) is 0 Å². The second kappa shape index (κ2) is 8.38. The van der Waals surface area contributed by atoms with Gasteiger partial charge in [0.1, 0.15) is 0 Å². The van der Waals surface area contributed by atoms with E-state index in [0.29, 0.717) is 17.8 Å². The molecule has 2 aromatic rings. The highest BCUT2D eigenvalue weighted by Crippen LogP contribution is 2.39. The average Bonchev–Trinajstić information content (AvgIpc) is 2.91. The van der Waals surface area contributed by atoms with Gasteiger partial charge in [-0.1, -0.05) is 104 Å². The molecule has 35 heavy (non-hydrogen) atoms. The van der Waals surface area contributed by atoms with Gasteiger partial charge in [-0.3, -0.25) is 0 Å². The van der Waals surface area contributed by atoms with Crippen LogP contribution in [-0.2, 0) is 0 Å². The lowest BCUT2D eigenvalue weighted by molar-refractivity contribution is 0.573. The molecule has 0 radical (unpaired) electrons. The van der Waals surface area contributed by atoms with Crippen molar-refractivity contribution in [3.8, 4) is 0 Å². The van der Waals surface area contributed by atoms with Crippen molar-refractivity contribution in [1.29, 1.82) is 0 Å². The molecule has 3 atom stereocenters. The summed E-state index contributed by atoms with van der Waals surface area (Å²) in [7, 11) is 0. The molecule has 0 N–H and O–H groups in total. The lowest BCUT2D eigenvalue weighted by atomic mass is 9.76. The average molecular weight is 453 g/mol. The molecule has 0 saturated carbocycles. The van der Waals surface area contributed by atoms with E-state index in [1.54, 1.807) is 0 Å². The van der Waals surface area contributed by atoms with Crippen LogP contribution in [0.4, 0.5) is 0 Å². The second-order valence-electron chi connectivity index (χ2n) is 10.8. The number of allylic oxidation sites excluding steroid dienone is 14. The topological polar surface area (TPSA) is 0 Å². The summed E-state index contributed by atoms with van der Waals surface area (Å²) in [5.74, 6) is 1.75. The zero-order valence-corrected chi connectivity index (χ0v) is 20.5. The maximum absolute atomic E-state index is 2.56. The van der Waals surface area contributed by atoms with Gasteiger partial charge in [0, 0.05) is 5.92 Å². The summed E-state index contributed by atoms with van der Waals surface area (Å²) in [6.07, 6.45) is 34.5. The molecule has 0 nitrogen and oxygen atoms in total. The number of hydrogen-bond donors (Lipinski definition) is 0. The number of hydrogen-bond acceptors (Lipinski definition) is 0. The number of rotatable bonds is 2. The van der Waals surface area contributed by atoms with E-state index >= 15 is 0 Å². The monoisotopic (exact) mass is 452 g/mol. The standard InChI is InChI=1S/C35H32/c1-23-14-19-32-33(20-23)35(29-18-16-25-9-3-5-11-27(25)22-29)31-13-7-6-12-30(31)34(32)28-17-15-24-8-2-4-10-26(24)21-28/h2-4,6-7,9-10,12-13,15-21,23-24,27H,5,8,11,14,22H2,1H3. The van der Waals surface area contributed by atoms with Crippen molar-refractivity contribution < 1.29 is 0 Å².